The van der Waals surface area contributed by atoms with Crippen LogP contribution in [0.1, 0.15) is 34.5 Å². The SMILES string of the molecule is Cc1ccc(N)cc1C(=O)NC(C)c1ccc2c(c1)OCCO2.Cl. The maximum atomic E-state index is 12.5. The van der Waals surface area contributed by atoms with Gasteiger partial charge in [0.2, 0.25) is 0 Å². The zero-order chi connectivity index (χ0) is 16.4. The third-order valence-corrected chi connectivity index (χ3v) is 3.92. The Kier molecular flexibility index (Phi) is 5.57. The van der Waals surface area contributed by atoms with E-state index in [4.69, 9.17) is 15.2 Å². The average molecular weight is 349 g/mol. The van der Waals surface area contributed by atoms with Crippen molar-refractivity contribution in [3.63, 3.8) is 0 Å². The molecular formula is C18H21ClN2O3. The number of hydrogen-bond donors (Lipinski definition) is 2. The molecule has 0 radical (unpaired) electrons. The van der Waals surface area contributed by atoms with Crippen LogP contribution in [0.4, 0.5) is 5.69 Å². The third-order valence-electron chi connectivity index (χ3n) is 3.92. The fourth-order valence-electron chi connectivity index (χ4n) is 2.57. The Bertz CT molecular complexity index is 749. The molecule has 0 bridgehead atoms. The van der Waals surface area contributed by atoms with Crippen LogP contribution in [0, 0.1) is 6.92 Å². The fourth-order valence-corrected chi connectivity index (χ4v) is 2.57. The van der Waals surface area contributed by atoms with E-state index in [-0.39, 0.29) is 24.4 Å². The van der Waals surface area contributed by atoms with Crippen LogP contribution in [-0.2, 0) is 0 Å². The Hall–Kier alpha value is -2.40. The molecule has 128 valence electrons. The number of halogens is 1. The van der Waals surface area contributed by atoms with Gasteiger partial charge in [-0.1, -0.05) is 12.1 Å². The molecule has 6 heteroatoms. The fraction of sp³-hybridized carbons (Fsp3) is 0.278. The number of nitrogens with one attached hydrogen (secondary N) is 1. The highest BCUT2D eigenvalue weighted by molar-refractivity contribution is 5.96. The van der Waals surface area contributed by atoms with E-state index in [1.54, 1.807) is 12.1 Å². The van der Waals surface area contributed by atoms with E-state index < -0.39 is 0 Å². The maximum Gasteiger partial charge on any atom is 0.252 e. The van der Waals surface area contributed by atoms with Gasteiger partial charge in [0.25, 0.3) is 5.91 Å². The molecule has 24 heavy (non-hydrogen) atoms. The number of carbonyl (C=O) groups excluding carboxylic acids is 1. The van der Waals surface area contributed by atoms with Gasteiger partial charge in [-0.3, -0.25) is 4.79 Å². The van der Waals surface area contributed by atoms with Crippen molar-refractivity contribution in [3.05, 3.63) is 53.1 Å². The number of ether oxygens (including phenoxy) is 2. The first-order valence-electron chi connectivity index (χ1n) is 7.61. The number of anilines is 1. The lowest BCUT2D eigenvalue weighted by atomic mass is 10.0. The van der Waals surface area contributed by atoms with E-state index in [0.717, 1.165) is 22.6 Å². The topological polar surface area (TPSA) is 73.6 Å². The molecule has 1 aliphatic rings. The van der Waals surface area contributed by atoms with Crippen molar-refractivity contribution in [2.75, 3.05) is 18.9 Å². The lowest BCUT2D eigenvalue weighted by molar-refractivity contribution is 0.0939. The van der Waals surface area contributed by atoms with E-state index in [0.29, 0.717) is 24.5 Å². The van der Waals surface area contributed by atoms with Gasteiger partial charge in [-0.15, -0.1) is 12.4 Å². The molecule has 1 unspecified atom stereocenters. The van der Waals surface area contributed by atoms with Gasteiger partial charge in [-0.25, -0.2) is 0 Å². The van der Waals surface area contributed by atoms with Crippen molar-refractivity contribution in [2.24, 2.45) is 0 Å². The minimum Gasteiger partial charge on any atom is -0.486 e. The molecule has 0 saturated heterocycles. The summed E-state index contributed by atoms with van der Waals surface area (Å²) in [6, 6.07) is 10.9. The number of rotatable bonds is 3. The Labute approximate surface area is 147 Å². The second-order valence-electron chi connectivity index (χ2n) is 5.67. The quantitative estimate of drug-likeness (QED) is 0.835. The standard InChI is InChI=1S/C18H20N2O3.ClH/c1-11-3-5-14(19)10-15(11)18(21)20-12(2)13-4-6-16-17(9-13)23-8-7-22-16;/h3-6,9-10,12H,7-8,19H2,1-2H3,(H,20,21);1H. The maximum absolute atomic E-state index is 12.5. The zero-order valence-corrected chi connectivity index (χ0v) is 14.5. The van der Waals surface area contributed by atoms with Gasteiger partial charge in [0, 0.05) is 11.3 Å². The zero-order valence-electron chi connectivity index (χ0n) is 13.7. The van der Waals surface area contributed by atoms with Crippen LogP contribution in [-0.4, -0.2) is 19.1 Å². The van der Waals surface area contributed by atoms with Crippen LogP contribution in [0.5, 0.6) is 11.5 Å². The summed E-state index contributed by atoms with van der Waals surface area (Å²) in [5.41, 5.74) is 8.80. The average Bonchev–Trinajstić information content (AvgIpc) is 2.56. The summed E-state index contributed by atoms with van der Waals surface area (Å²) in [4.78, 5) is 12.5. The third kappa shape index (κ3) is 3.74. The van der Waals surface area contributed by atoms with Crippen molar-refractivity contribution in [2.45, 2.75) is 19.9 Å². The number of fused-ring (bicyclic) bond motifs is 1. The van der Waals surface area contributed by atoms with Crippen LogP contribution in [0.2, 0.25) is 0 Å². The first-order valence-corrected chi connectivity index (χ1v) is 7.61. The number of nitrogen functional groups attached to an aromatic ring is 1. The van der Waals surface area contributed by atoms with Gasteiger partial charge in [-0.2, -0.15) is 0 Å². The molecule has 5 nitrogen and oxygen atoms in total. The number of carbonyl (C=O) groups is 1. The summed E-state index contributed by atoms with van der Waals surface area (Å²) in [6.45, 7) is 4.93. The molecule has 1 heterocycles. The normalized spacial score (nSPS) is 13.6. The largest absolute Gasteiger partial charge is 0.486 e. The Morgan fingerprint density at radius 2 is 1.83 bits per heavy atom. The van der Waals surface area contributed by atoms with E-state index in [2.05, 4.69) is 5.32 Å². The first-order chi connectivity index (χ1) is 11.0. The molecule has 1 atom stereocenters. The highest BCUT2D eigenvalue weighted by Crippen LogP contribution is 2.32. The molecular weight excluding hydrogens is 328 g/mol. The minimum atomic E-state index is -0.154. The molecule has 0 saturated carbocycles. The molecule has 0 aromatic heterocycles. The van der Waals surface area contributed by atoms with Crippen molar-refractivity contribution >= 4 is 24.0 Å². The summed E-state index contributed by atoms with van der Waals surface area (Å²) in [7, 11) is 0. The van der Waals surface area contributed by atoms with E-state index in [1.807, 2.05) is 38.1 Å². The second kappa shape index (κ2) is 7.45. The predicted molar refractivity (Wildman–Crippen MR) is 96.2 cm³/mol. The van der Waals surface area contributed by atoms with Gasteiger partial charge in [0.05, 0.1) is 6.04 Å². The summed E-state index contributed by atoms with van der Waals surface area (Å²) in [5.74, 6) is 1.32. The number of hydrogen-bond acceptors (Lipinski definition) is 4. The lowest BCUT2D eigenvalue weighted by Gasteiger charge is -2.21. The molecule has 0 fully saturated rings. The van der Waals surface area contributed by atoms with Gasteiger partial charge in [-0.05, 0) is 49.2 Å². The Balaban J connectivity index is 0.00000208. The Morgan fingerprint density at radius 3 is 2.58 bits per heavy atom. The van der Waals surface area contributed by atoms with Crippen molar-refractivity contribution in [1.82, 2.24) is 5.32 Å². The van der Waals surface area contributed by atoms with Crippen molar-refractivity contribution < 1.29 is 14.3 Å². The number of benzene rings is 2. The highest BCUT2D eigenvalue weighted by atomic mass is 35.5. The molecule has 3 rings (SSSR count). The summed E-state index contributed by atoms with van der Waals surface area (Å²) in [6.07, 6.45) is 0. The van der Waals surface area contributed by atoms with Crippen LogP contribution in [0.3, 0.4) is 0 Å². The second-order valence-corrected chi connectivity index (χ2v) is 5.67. The first kappa shape index (κ1) is 17.9. The van der Waals surface area contributed by atoms with E-state index >= 15 is 0 Å². The molecule has 1 aliphatic heterocycles. The summed E-state index contributed by atoms with van der Waals surface area (Å²) in [5, 5.41) is 3.00. The lowest BCUT2D eigenvalue weighted by Crippen LogP contribution is -2.27. The number of nitrogens with two attached hydrogens (primary N) is 1. The molecule has 0 spiro atoms. The van der Waals surface area contributed by atoms with Gasteiger partial charge >= 0.3 is 0 Å². The number of aryl methyl sites for hydroxylation is 1. The van der Waals surface area contributed by atoms with Crippen LogP contribution in [0.15, 0.2) is 36.4 Å². The van der Waals surface area contributed by atoms with Gasteiger partial charge in [0.1, 0.15) is 13.2 Å². The monoisotopic (exact) mass is 348 g/mol. The number of amides is 1. The molecule has 2 aromatic rings. The smallest absolute Gasteiger partial charge is 0.252 e. The van der Waals surface area contributed by atoms with Crippen LogP contribution in [0.25, 0.3) is 0 Å². The van der Waals surface area contributed by atoms with Crippen molar-refractivity contribution in [1.29, 1.82) is 0 Å². The Morgan fingerprint density at radius 1 is 1.12 bits per heavy atom. The molecule has 1 amide bonds. The summed E-state index contributed by atoms with van der Waals surface area (Å²) < 4.78 is 11.1. The van der Waals surface area contributed by atoms with Crippen LogP contribution >= 0.6 is 12.4 Å². The van der Waals surface area contributed by atoms with Gasteiger partial charge < -0.3 is 20.5 Å². The molecule has 0 aliphatic carbocycles. The minimum absolute atomic E-state index is 0. The predicted octanol–water partition coefficient (Wildman–Crippen LogP) is 3.26. The molecule has 3 N–H and O–H groups in total. The van der Waals surface area contributed by atoms with Crippen LogP contribution < -0.4 is 20.5 Å². The van der Waals surface area contributed by atoms with Crippen molar-refractivity contribution in [3.8, 4) is 11.5 Å². The summed E-state index contributed by atoms with van der Waals surface area (Å²) >= 11 is 0. The van der Waals surface area contributed by atoms with E-state index in [9.17, 15) is 4.79 Å². The van der Waals surface area contributed by atoms with E-state index in [1.165, 1.54) is 0 Å². The molecule has 2 aromatic carbocycles. The van der Waals surface area contributed by atoms with Gasteiger partial charge in [0.15, 0.2) is 11.5 Å². The highest BCUT2D eigenvalue weighted by Gasteiger charge is 2.17.